The van der Waals surface area contributed by atoms with Crippen LogP contribution in [0.2, 0.25) is 0 Å². The molecule has 1 fully saturated rings. The van der Waals surface area contributed by atoms with Crippen LogP contribution in [0.4, 0.5) is 0 Å². The number of carbonyl (C=O) groups excluding carboxylic acids is 1. The molecule has 0 spiro atoms. The molecular weight excluding hydrogens is 212 g/mol. The van der Waals surface area contributed by atoms with Crippen molar-refractivity contribution in [3.63, 3.8) is 0 Å². The van der Waals surface area contributed by atoms with Gasteiger partial charge in [0.2, 0.25) is 5.91 Å². The Bertz CT molecular complexity index is 242. The first-order valence-electron chi connectivity index (χ1n) is 5.31. The molecule has 4 nitrogen and oxygen atoms in total. The zero-order valence-electron chi connectivity index (χ0n) is 8.99. The minimum absolute atomic E-state index is 0.0969. The summed E-state index contributed by atoms with van der Waals surface area (Å²) in [5.41, 5.74) is 5.56. The molecule has 0 aromatic heterocycles. The van der Waals surface area contributed by atoms with Crippen LogP contribution < -0.4 is 11.1 Å². The van der Waals surface area contributed by atoms with E-state index < -0.39 is 0 Å². The van der Waals surface area contributed by atoms with E-state index >= 15 is 0 Å². The molecule has 1 atom stereocenters. The van der Waals surface area contributed by atoms with Gasteiger partial charge in [-0.3, -0.25) is 4.79 Å². The van der Waals surface area contributed by atoms with Crippen LogP contribution in [-0.2, 0) is 9.53 Å². The lowest BCUT2D eigenvalue weighted by atomic mass is 10.2. The number of nitrogens with two attached hydrogens (primary N) is 1. The van der Waals surface area contributed by atoms with Crippen LogP contribution >= 0.6 is 12.2 Å². The highest BCUT2D eigenvalue weighted by Crippen LogP contribution is 2.32. The second kappa shape index (κ2) is 6.02. The van der Waals surface area contributed by atoms with E-state index in [-0.39, 0.29) is 18.6 Å². The SMILES string of the molecule is CCCOCC(=O)NC(C(N)=S)C1CC1. The predicted octanol–water partition coefficient (Wildman–Crippen LogP) is 0.594. The molecule has 0 aromatic rings. The first kappa shape index (κ1) is 12.4. The van der Waals surface area contributed by atoms with Crippen LogP contribution in [0.15, 0.2) is 0 Å². The van der Waals surface area contributed by atoms with E-state index in [1.165, 1.54) is 0 Å². The Hall–Kier alpha value is -0.680. The maximum absolute atomic E-state index is 11.4. The summed E-state index contributed by atoms with van der Waals surface area (Å²) >= 11 is 4.91. The fourth-order valence-corrected chi connectivity index (χ4v) is 1.63. The molecule has 5 heteroatoms. The molecule has 1 aliphatic rings. The molecule has 1 saturated carbocycles. The minimum atomic E-state index is -0.141. The van der Waals surface area contributed by atoms with Crippen molar-refractivity contribution < 1.29 is 9.53 Å². The number of amides is 1. The van der Waals surface area contributed by atoms with E-state index in [9.17, 15) is 4.79 Å². The number of hydrogen-bond donors (Lipinski definition) is 2. The van der Waals surface area contributed by atoms with Crippen LogP contribution in [0.5, 0.6) is 0 Å². The van der Waals surface area contributed by atoms with Gasteiger partial charge in [0, 0.05) is 6.61 Å². The number of thiocarbonyl (C=S) groups is 1. The zero-order chi connectivity index (χ0) is 11.3. The Morgan fingerprint density at radius 2 is 2.33 bits per heavy atom. The lowest BCUT2D eigenvalue weighted by Crippen LogP contribution is -2.46. The van der Waals surface area contributed by atoms with Gasteiger partial charge in [0.15, 0.2) is 0 Å². The second-order valence-corrected chi connectivity index (χ2v) is 4.31. The summed E-state index contributed by atoms with van der Waals surface area (Å²) < 4.78 is 5.13. The molecule has 1 rings (SSSR count). The molecular formula is C10H18N2O2S. The van der Waals surface area contributed by atoms with Gasteiger partial charge < -0.3 is 15.8 Å². The Labute approximate surface area is 95.5 Å². The maximum Gasteiger partial charge on any atom is 0.246 e. The molecule has 0 aliphatic heterocycles. The Morgan fingerprint density at radius 3 is 2.80 bits per heavy atom. The third-order valence-corrected chi connectivity index (χ3v) is 2.55. The van der Waals surface area contributed by atoms with E-state index in [0.717, 1.165) is 19.3 Å². The fourth-order valence-electron chi connectivity index (χ4n) is 1.38. The molecule has 0 aromatic carbocycles. The quantitative estimate of drug-likeness (QED) is 0.496. The van der Waals surface area contributed by atoms with Gasteiger partial charge in [-0.1, -0.05) is 19.1 Å². The first-order valence-corrected chi connectivity index (χ1v) is 5.72. The van der Waals surface area contributed by atoms with Crippen LogP contribution in [0.1, 0.15) is 26.2 Å². The highest BCUT2D eigenvalue weighted by molar-refractivity contribution is 7.80. The standard InChI is InChI=1S/C10H18N2O2S/c1-2-5-14-6-8(13)12-9(10(11)15)7-3-4-7/h7,9H,2-6H2,1H3,(H2,11,15)(H,12,13). The summed E-state index contributed by atoms with van der Waals surface area (Å²) in [6.45, 7) is 2.70. The van der Waals surface area contributed by atoms with Crippen molar-refractivity contribution in [2.24, 2.45) is 11.7 Å². The van der Waals surface area contributed by atoms with E-state index in [1.807, 2.05) is 6.92 Å². The van der Waals surface area contributed by atoms with E-state index in [2.05, 4.69) is 5.32 Å². The van der Waals surface area contributed by atoms with Gasteiger partial charge in [0.1, 0.15) is 6.61 Å². The van der Waals surface area contributed by atoms with Gasteiger partial charge in [0.25, 0.3) is 0 Å². The largest absolute Gasteiger partial charge is 0.392 e. The van der Waals surface area contributed by atoms with Crippen LogP contribution in [-0.4, -0.2) is 30.2 Å². The van der Waals surface area contributed by atoms with Crippen molar-refractivity contribution >= 4 is 23.1 Å². The number of nitrogens with one attached hydrogen (secondary N) is 1. The lowest BCUT2D eigenvalue weighted by Gasteiger charge is -2.16. The molecule has 86 valence electrons. The van der Waals surface area contributed by atoms with Crippen molar-refractivity contribution in [3.8, 4) is 0 Å². The summed E-state index contributed by atoms with van der Waals surface area (Å²) in [4.78, 5) is 11.8. The maximum atomic E-state index is 11.4. The summed E-state index contributed by atoms with van der Waals surface area (Å²) in [6, 6.07) is -0.141. The van der Waals surface area contributed by atoms with Crippen LogP contribution in [0.3, 0.4) is 0 Å². The second-order valence-electron chi connectivity index (χ2n) is 3.84. The van der Waals surface area contributed by atoms with Crippen molar-refractivity contribution in [2.75, 3.05) is 13.2 Å². The molecule has 0 bridgehead atoms. The van der Waals surface area contributed by atoms with Crippen LogP contribution in [0, 0.1) is 5.92 Å². The van der Waals surface area contributed by atoms with Gasteiger partial charge in [-0.2, -0.15) is 0 Å². The average molecular weight is 230 g/mol. The summed E-state index contributed by atoms with van der Waals surface area (Å²) in [5.74, 6) is 0.311. The topological polar surface area (TPSA) is 64.3 Å². The molecule has 0 heterocycles. The van der Waals surface area contributed by atoms with E-state index in [4.69, 9.17) is 22.7 Å². The molecule has 0 saturated heterocycles. The summed E-state index contributed by atoms with van der Waals surface area (Å²) in [5, 5.41) is 2.81. The van der Waals surface area contributed by atoms with Crippen molar-refractivity contribution in [1.29, 1.82) is 0 Å². The van der Waals surface area contributed by atoms with Crippen molar-refractivity contribution in [2.45, 2.75) is 32.2 Å². The Balaban J connectivity index is 2.24. The third-order valence-electron chi connectivity index (χ3n) is 2.30. The summed E-state index contributed by atoms with van der Waals surface area (Å²) in [6.07, 6.45) is 3.10. The Kier molecular flexibility index (Phi) is 4.98. The molecule has 15 heavy (non-hydrogen) atoms. The average Bonchev–Trinajstić information content (AvgIpc) is 2.97. The van der Waals surface area contributed by atoms with Crippen molar-refractivity contribution in [1.82, 2.24) is 5.32 Å². The number of carbonyl (C=O) groups is 1. The van der Waals surface area contributed by atoms with Gasteiger partial charge >= 0.3 is 0 Å². The number of rotatable bonds is 7. The van der Waals surface area contributed by atoms with Gasteiger partial charge in [0.05, 0.1) is 11.0 Å². The Morgan fingerprint density at radius 1 is 1.67 bits per heavy atom. The van der Waals surface area contributed by atoms with Gasteiger partial charge in [-0.05, 0) is 25.2 Å². The zero-order valence-corrected chi connectivity index (χ0v) is 9.81. The predicted molar refractivity (Wildman–Crippen MR) is 62.6 cm³/mol. The molecule has 0 radical (unpaired) electrons. The number of hydrogen-bond acceptors (Lipinski definition) is 3. The van der Waals surface area contributed by atoms with Gasteiger partial charge in [-0.15, -0.1) is 0 Å². The number of ether oxygens (including phenoxy) is 1. The van der Waals surface area contributed by atoms with E-state index in [0.29, 0.717) is 17.5 Å². The lowest BCUT2D eigenvalue weighted by molar-refractivity contribution is -0.126. The van der Waals surface area contributed by atoms with Gasteiger partial charge in [-0.25, -0.2) is 0 Å². The van der Waals surface area contributed by atoms with Crippen molar-refractivity contribution in [3.05, 3.63) is 0 Å². The highest BCUT2D eigenvalue weighted by Gasteiger charge is 2.33. The fraction of sp³-hybridized carbons (Fsp3) is 0.800. The van der Waals surface area contributed by atoms with E-state index in [1.54, 1.807) is 0 Å². The molecule has 3 N–H and O–H groups in total. The first-order chi connectivity index (χ1) is 7.15. The molecule has 1 aliphatic carbocycles. The highest BCUT2D eigenvalue weighted by atomic mass is 32.1. The monoisotopic (exact) mass is 230 g/mol. The minimum Gasteiger partial charge on any atom is -0.392 e. The molecule has 1 unspecified atom stereocenters. The smallest absolute Gasteiger partial charge is 0.246 e. The normalized spacial score (nSPS) is 17.1. The van der Waals surface area contributed by atoms with Crippen LogP contribution in [0.25, 0.3) is 0 Å². The summed E-state index contributed by atoms with van der Waals surface area (Å²) in [7, 11) is 0. The molecule has 1 amide bonds. The third kappa shape index (κ3) is 4.57.